The summed E-state index contributed by atoms with van der Waals surface area (Å²) in [7, 11) is -0.836. The molecule has 0 saturated heterocycles. The number of amides is 1. The van der Waals surface area contributed by atoms with Gasteiger partial charge in [0, 0.05) is 35.0 Å². The second-order valence-corrected chi connectivity index (χ2v) is 5.57. The average molecular weight is 270 g/mol. The Kier molecular flexibility index (Phi) is 5.73. The molecule has 0 spiro atoms. The molecule has 1 rings (SSSR count). The van der Waals surface area contributed by atoms with Crippen LogP contribution in [-0.4, -0.2) is 33.2 Å². The molecule has 18 heavy (non-hydrogen) atoms. The molecule has 0 aliphatic carbocycles. The van der Waals surface area contributed by atoms with Gasteiger partial charge in [-0.25, -0.2) is 10.8 Å². The highest BCUT2D eigenvalue weighted by atomic mass is 32.2. The molecule has 7 heteroatoms. The SMILES string of the molecule is CC(CCS(C)=O)NC(=O)c1ccc(NN)nc1. The van der Waals surface area contributed by atoms with E-state index in [4.69, 9.17) is 5.84 Å². The van der Waals surface area contributed by atoms with E-state index in [0.717, 1.165) is 0 Å². The molecule has 0 aliphatic heterocycles. The monoisotopic (exact) mass is 270 g/mol. The minimum Gasteiger partial charge on any atom is -0.350 e. The number of carbonyl (C=O) groups is 1. The van der Waals surface area contributed by atoms with E-state index >= 15 is 0 Å². The van der Waals surface area contributed by atoms with Gasteiger partial charge in [0.05, 0.1) is 5.56 Å². The van der Waals surface area contributed by atoms with Crippen LogP contribution in [-0.2, 0) is 10.8 Å². The predicted molar refractivity (Wildman–Crippen MR) is 72.5 cm³/mol. The molecule has 100 valence electrons. The number of hydrazine groups is 1. The Morgan fingerprint density at radius 2 is 2.28 bits per heavy atom. The first-order valence-corrected chi connectivity index (χ1v) is 7.29. The van der Waals surface area contributed by atoms with Gasteiger partial charge < -0.3 is 10.7 Å². The maximum atomic E-state index is 11.8. The van der Waals surface area contributed by atoms with Gasteiger partial charge in [-0.05, 0) is 25.5 Å². The largest absolute Gasteiger partial charge is 0.350 e. The first-order chi connectivity index (χ1) is 8.52. The predicted octanol–water partition coefficient (Wildman–Crippen LogP) is 0.254. The topological polar surface area (TPSA) is 97.1 Å². The molecular formula is C11H18N4O2S. The summed E-state index contributed by atoms with van der Waals surface area (Å²) in [6, 6.07) is 3.25. The maximum absolute atomic E-state index is 11.8. The molecule has 0 saturated carbocycles. The Hall–Kier alpha value is -1.47. The Morgan fingerprint density at radius 3 is 2.78 bits per heavy atom. The van der Waals surface area contributed by atoms with Gasteiger partial charge in [-0.15, -0.1) is 0 Å². The molecule has 4 N–H and O–H groups in total. The van der Waals surface area contributed by atoms with Crippen LogP contribution in [0.3, 0.4) is 0 Å². The number of hydrogen-bond donors (Lipinski definition) is 3. The van der Waals surface area contributed by atoms with Gasteiger partial charge in [0.2, 0.25) is 0 Å². The van der Waals surface area contributed by atoms with Crippen LogP contribution in [0.4, 0.5) is 5.82 Å². The number of nitrogens with one attached hydrogen (secondary N) is 2. The first kappa shape index (κ1) is 14.6. The van der Waals surface area contributed by atoms with Crippen molar-refractivity contribution in [3.63, 3.8) is 0 Å². The maximum Gasteiger partial charge on any atom is 0.253 e. The normalized spacial score (nSPS) is 13.7. The zero-order valence-electron chi connectivity index (χ0n) is 10.5. The van der Waals surface area contributed by atoms with Crippen LogP contribution in [0, 0.1) is 0 Å². The van der Waals surface area contributed by atoms with Crippen LogP contribution in [0.15, 0.2) is 18.3 Å². The third-order valence-electron chi connectivity index (χ3n) is 2.39. The van der Waals surface area contributed by atoms with Gasteiger partial charge in [-0.1, -0.05) is 0 Å². The van der Waals surface area contributed by atoms with Crippen LogP contribution in [0.25, 0.3) is 0 Å². The molecule has 0 radical (unpaired) electrons. The van der Waals surface area contributed by atoms with E-state index < -0.39 is 10.8 Å². The molecule has 0 bridgehead atoms. The number of pyridine rings is 1. The zero-order chi connectivity index (χ0) is 13.5. The van der Waals surface area contributed by atoms with E-state index in [-0.39, 0.29) is 11.9 Å². The third kappa shape index (κ3) is 4.80. The van der Waals surface area contributed by atoms with Crippen molar-refractivity contribution in [2.45, 2.75) is 19.4 Å². The summed E-state index contributed by atoms with van der Waals surface area (Å²) >= 11 is 0. The minimum absolute atomic E-state index is 0.0197. The first-order valence-electron chi connectivity index (χ1n) is 5.56. The minimum atomic E-state index is -0.836. The van der Waals surface area contributed by atoms with Crippen molar-refractivity contribution in [2.24, 2.45) is 5.84 Å². The van der Waals surface area contributed by atoms with Crippen LogP contribution >= 0.6 is 0 Å². The smallest absolute Gasteiger partial charge is 0.253 e. The number of anilines is 1. The molecule has 1 aromatic rings. The summed E-state index contributed by atoms with van der Waals surface area (Å²) in [6.07, 6.45) is 3.79. The van der Waals surface area contributed by atoms with Gasteiger partial charge in [0.15, 0.2) is 0 Å². The quantitative estimate of drug-likeness (QED) is 0.509. The fourth-order valence-electron chi connectivity index (χ4n) is 1.34. The van der Waals surface area contributed by atoms with Crippen molar-refractivity contribution in [3.05, 3.63) is 23.9 Å². The lowest BCUT2D eigenvalue weighted by atomic mass is 10.2. The van der Waals surface area contributed by atoms with E-state index in [2.05, 4.69) is 15.7 Å². The lowest BCUT2D eigenvalue weighted by Gasteiger charge is -2.13. The molecule has 6 nitrogen and oxygen atoms in total. The van der Waals surface area contributed by atoms with Crippen molar-refractivity contribution < 1.29 is 9.00 Å². The van der Waals surface area contributed by atoms with Crippen LogP contribution < -0.4 is 16.6 Å². The Bertz CT molecular complexity index is 422. The molecule has 0 aromatic carbocycles. The molecule has 2 unspecified atom stereocenters. The molecular weight excluding hydrogens is 252 g/mol. The van der Waals surface area contributed by atoms with Gasteiger partial charge in [0.1, 0.15) is 5.82 Å². The number of nitrogen functional groups attached to an aromatic ring is 1. The van der Waals surface area contributed by atoms with Gasteiger partial charge in [-0.2, -0.15) is 0 Å². The van der Waals surface area contributed by atoms with E-state index in [1.54, 1.807) is 18.4 Å². The van der Waals surface area contributed by atoms with Crippen LogP contribution in [0.1, 0.15) is 23.7 Å². The fourth-order valence-corrected chi connectivity index (χ4v) is 2.02. The van der Waals surface area contributed by atoms with Crippen LogP contribution in [0.5, 0.6) is 0 Å². The Labute approximate surface area is 109 Å². The summed E-state index contributed by atoms with van der Waals surface area (Å²) < 4.78 is 10.9. The summed E-state index contributed by atoms with van der Waals surface area (Å²) in [6.45, 7) is 1.88. The van der Waals surface area contributed by atoms with Gasteiger partial charge in [-0.3, -0.25) is 9.00 Å². The zero-order valence-corrected chi connectivity index (χ0v) is 11.3. The van der Waals surface area contributed by atoms with Crippen LogP contribution in [0.2, 0.25) is 0 Å². The van der Waals surface area contributed by atoms with Crippen molar-refractivity contribution in [1.29, 1.82) is 0 Å². The number of hydrogen-bond acceptors (Lipinski definition) is 5. The molecule has 1 aromatic heterocycles. The lowest BCUT2D eigenvalue weighted by molar-refractivity contribution is 0.0939. The molecule has 0 fully saturated rings. The van der Waals surface area contributed by atoms with Crippen molar-refractivity contribution in [3.8, 4) is 0 Å². The third-order valence-corrected chi connectivity index (χ3v) is 3.20. The van der Waals surface area contributed by atoms with E-state index in [9.17, 15) is 9.00 Å². The molecule has 1 amide bonds. The molecule has 0 aliphatic rings. The second-order valence-electron chi connectivity index (χ2n) is 4.02. The number of nitrogens with two attached hydrogens (primary N) is 1. The van der Waals surface area contributed by atoms with Crippen molar-refractivity contribution in [2.75, 3.05) is 17.4 Å². The summed E-state index contributed by atoms with van der Waals surface area (Å²) in [5, 5.41) is 2.82. The number of nitrogens with zero attached hydrogens (tertiary/aromatic N) is 1. The summed E-state index contributed by atoms with van der Waals surface area (Å²) in [5.41, 5.74) is 2.86. The highest BCUT2D eigenvalue weighted by Gasteiger charge is 2.10. The van der Waals surface area contributed by atoms with E-state index in [0.29, 0.717) is 23.6 Å². The van der Waals surface area contributed by atoms with E-state index in [1.807, 2.05) is 6.92 Å². The average Bonchev–Trinajstić information content (AvgIpc) is 2.36. The highest BCUT2D eigenvalue weighted by Crippen LogP contribution is 2.04. The number of carbonyl (C=O) groups excluding carboxylic acids is 1. The van der Waals surface area contributed by atoms with Crippen molar-refractivity contribution >= 4 is 22.5 Å². The highest BCUT2D eigenvalue weighted by molar-refractivity contribution is 7.84. The Morgan fingerprint density at radius 1 is 1.56 bits per heavy atom. The number of rotatable bonds is 6. The number of aromatic nitrogens is 1. The lowest BCUT2D eigenvalue weighted by Crippen LogP contribution is -2.33. The fraction of sp³-hybridized carbons (Fsp3) is 0.455. The second kappa shape index (κ2) is 7.07. The standard InChI is InChI=1S/C11H18N4O2S/c1-8(5-6-18(2)17)14-11(16)9-3-4-10(15-12)13-7-9/h3-4,7-8H,5-6,12H2,1-2H3,(H,13,15)(H,14,16). The summed E-state index contributed by atoms with van der Waals surface area (Å²) in [5.74, 6) is 6.07. The molecule has 1 heterocycles. The van der Waals surface area contributed by atoms with Gasteiger partial charge >= 0.3 is 0 Å². The molecule has 2 atom stereocenters. The summed E-state index contributed by atoms with van der Waals surface area (Å²) in [4.78, 5) is 15.8. The van der Waals surface area contributed by atoms with E-state index in [1.165, 1.54) is 6.20 Å². The van der Waals surface area contributed by atoms with Gasteiger partial charge in [0.25, 0.3) is 5.91 Å². The van der Waals surface area contributed by atoms with Crippen molar-refractivity contribution in [1.82, 2.24) is 10.3 Å². The Balaban J connectivity index is 2.50.